The second kappa shape index (κ2) is 9.20. The summed E-state index contributed by atoms with van der Waals surface area (Å²) in [6.45, 7) is 3.64. The molecule has 0 aliphatic rings. The van der Waals surface area contributed by atoms with Gasteiger partial charge in [0.25, 0.3) is 0 Å². The van der Waals surface area contributed by atoms with Crippen molar-refractivity contribution < 1.29 is 10.2 Å². The van der Waals surface area contributed by atoms with E-state index >= 15 is 0 Å². The van der Waals surface area contributed by atoms with Crippen molar-refractivity contribution in [3.05, 3.63) is 43.0 Å². The van der Waals surface area contributed by atoms with Gasteiger partial charge in [-0.05, 0) is 37.8 Å². The molecule has 1 aromatic rings. The average Bonchev–Trinajstić information content (AvgIpc) is 2.40. The number of allylic oxidation sites excluding steroid dienone is 1. The van der Waals surface area contributed by atoms with Gasteiger partial charge < -0.3 is 10.2 Å². The Labute approximate surface area is 114 Å². The van der Waals surface area contributed by atoms with E-state index in [0.717, 1.165) is 18.6 Å². The quantitative estimate of drug-likeness (QED) is 0.409. The lowest BCUT2D eigenvalue weighted by Gasteiger charge is -2.17. The molecule has 0 aliphatic heterocycles. The van der Waals surface area contributed by atoms with Crippen LogP contribution in [0.5, 0.6) is 0 Å². The van der Waals surface area contributed by atoms with Crippen LogP contribution in [0.15, 0.2) is 47.9 Å². The topological polar surface area (TPSA) is 40.5 Å². The molecule has 1 rings (SSSR count). The summed E-state index contributed by atoms with van der Waals surface area (Å²) in [7, 11) is 0. The van der Waals surface area contributed by atoms with Gasteiger partial charge in [-0.1, -0.05) is 24.3 Å². The van der Waals surface area contributed by atoms with Gasteiger partial charge in [-0.15, -0.1) is 18.3 Å². The van der Waals surface area contributed by atoms with Crippen molar-refractivity contribution in [2.75, 3.05) is 5.75 Å². The molecule has 3 heteroatoms. The highest BCUT2D eigenvalue weighted by Gasteiger charge is 2.15. The number of benzene rings is 1. The van der Waals surface area contributed by atoms with Crippen LogP contribution in [0.4, 0.5) is 0 Å². The van der Waals surface area contributed by atoms with Gasteiger partial charge in [0, 0.05) is 10.6 Å². The summed E-state index contributed by atoms with van der Waals surface area (Å²) in [6, 6.07) is 10.1. The molecule has 0 unspecified atom stereocenters. The largest absolute Gasteiger partial charge is 0.390 e. The van der Waals surface area contributed by atoms with Gasteiger partial charge in [0.2, 0.25) is 0 Å². The molecule has 0 aliphatic carbocycles. The molecule has 2 nitrogen and oxygen atoms in total. The van der Waals surface area contributed by atoms with Crippen molar-refractivity contribution in [3.8, 4) is 0 Å². The van der Waals surface area contributed by atoms with Crippen molar-refractivity contribution in [2.24, 2.45) is 0 Å². The first-order valence-electron chi connectivity index (χ1n) is 6.39. The number of hydrogen-bond acceptors (Lipinski definition) is 3. The summed E-state index contributed by atoms with van der Waals surface area (Å²) < 4.78 is 0. The summed E-state index contributed by atoms with van der Waals surface area (Å²) in [5.41, 5.74) is 0. The van der Waals surface area contributed by atoms with E-state index in [1.54, 1.807) is 11.8 Å². The SMILES string of the molecule is C=CCCC[C@@H](O)[C@@H](O)CCSc1ccccc1. The number of aliphatic hydroxyl groups is 2. The molecule has 18 heavy (non-hydrogen) atoms. The predicted molar refractivity (Wildman–Crippen MR) is 77.8 cm³/mol. The fourth-order valence-corrected chi connectivity index (χ4v) is 2.61. The minimum absolute atomic E-state index is 0.610. The monoisotopic (exact) mass is 266 g/mol. The molecule has 2 atom stereocenters. The number of aliphatic hydroxyl groups excluding tert-OH is 2. The van der Waals surface area contributed by atoms with Crippen molar-refractivity contribution in [2.45, 2.75) is 42.8 Å². The third kappa shape index (κ3) is 6.24. The Morgan fingerprint density at radius 3 is 2.44 bits per heavy atom. The maximum atomic E-state index is 9.81. The Kier molecular flexibility index (Phi) is 7.81. The van der Waals surface area contributed by atoms with Gasteiger partial charge in [0.05, 0.1) is 12.2 Å². The van der Waals surface area contributed by atoms with Crippen molar-refractivity contribution in [3.63, 3.8) is 0 Å². The lowest BCUT2D eigenvalue weighted by molar-refractivity contribution is 0.0126. The Balaban J connectivity index is 2.16. The van der Waals surface area contributed by atoms with E-state index in [1.165, 1.54) is 4.90 Å². The molecule has 0 aromatic heterocycles. The minimum Gasteiger partial charge on any atom is -0.390 e. The molecule has 2 N–H and O–H groups in total. The number of thioether (sulfide) groups is 1. The molecule has 0 saturated heterocycles. The molecule has 1 aromatic carbocycles. The molecule has 0 spiro atoms. The van der Waals surface area contributed by atoms with Gasteiger partial charge >= 0.3 is 0 Å². The molecule has 0 bridgehead atoms. The first-order chi connectivity index (χ1) is 8.74. The summed E-state index contributed by atoms with van der Waals surface area (Å²) in [5, 5.41) is 19.6. The van der Waals surface area contributed by atoms with E-state index in [4.69, 9.17) is 0 Å². The van der Waals surface area contributed by atoms with Gasteiger partial charge in [-0.2, -0.15) is 0 Å². The highest BCUT2D eigenvalue weighted by molar-refractivity contribution is 7.99. The molecule has 0 saturated carbocycles. The van der Waals surface area contributed by atoms with E-state index in [0.29, 0.717) is 12.8 Å². The van der Waals surface area contributed by atoms with Crippen LogP contribution >= 0.6 is 11.8 Å². The van der Waals surface area contributed by atoms with Crippen LogP contribution < -0.4 is 0 Å². The van der Waals surface area contributed by atoms with Crippen molar-refractivity contribution in [1.29, 1.82) is 0 Å². The Morgan fingerprint density at radius 2 is 1.78 bits per heavy atom. The minimum atomic E-state index is -0.619. The molecular formula is C15H22O2S. The Hall–Kier alpha value is -0.770. The molecule has 0 fully saturated rings. The predicted octanol–water partition coefficient (Wildman–Crippen LogP) is 3.25. The Morgan fingerprint density at radius 1 is 1.11 bits per heavy atom. The first-order valence-corrected chi connectivity index (χ1v) is 7.37. The Bertz CT molecular complexity index is 327. The van der Waals surface area contributed by atoms with Gasteiger partial charge in [-0.25, -0.2) is 0 Å². The molecule has 0 radical (unpaired) electrons. The maximum absolute atomic E-state index is 9.81. The zero-order valence-corrected chi connectivity index (χ0v) is 11.5. The van der Waals surface area contributed by atoms with Crippen LogP contribution in [0.1, 0.15) is 25.7 Å². The van der Waals surface area contributed by atoms with Crippen LogP contribution in [0, 0.1) is 0 Å². The summed E-state index contributed by atoms with van der Waals surface area (Å²) >= 11 is 1.71. The van der Waals surface area contributed by atoms with Gasteiger partial charge in [0.15, 0.2) is 0 Å². The zero-order valence-electron chi connectivity index (χ0n) is 10.7. The molecule has 0 heterocycles. The van der Waals surface area contributed by atoms with Gasteiger partial charge in [-0.3, -0.25) is 0 Å². The second-order valence-electron chi connectivity index (χ2n) is 4.30. The normalized spacial score (nSPS) is 14.1. The van der Waals surface area contributed by atoms with Gasteiger partial charge in [0.1, 0.15) is 0 Å². The van der Waals surface area contributed by atoms with Crippen LogP contribution in [0.2, 0.25) is 0 Å². The van der Waals surface area contributed by atoms with E-state index in [9.17, 15) is 10.2 Å². The number of rotatable bonds is 9. The fourth-order valence-electron chi connectivity index (χ4n) is 1.67. The van der Waals surface area contributed by atoms with E-state index in [1.807, 2.05) is 24.3 Å². The van der Waals surface area contributed by atoms with Crippen LogP contribution in [0.25, 0.3) is 0 Å². The zero-order chi connectivity index (χ0) is 13.2. The second-order valence-corrected chi connectivity index (χ2v) is 5.47. The van der Waals surface area contributed by atoms with E-state index in [2.05, 4.69) is 18.7 Å². The van der Waals surface area contributed by atoms with E-state index < -0.39 is 12.2 Å². The molecule has 100 valence electrons. The van der Waals surface area contributed by atoms with Crippen LogP contribution in [0.3, 0.4) is 0 Å². The lowest BCUT2D eigenvalue weighted by atomic mass is 10.1. The van der Waals surface area contributed by atoms with Crippen molar-refractivity contribution in [1.82, 2.24) is 0 Å². The van der Waals surface area contributed by atoms with Crippen LogP contribution in [-0.4, -0.2) is 28.2 Å². The smallest absolute Gasteiger partial charge is 0.0807 e. The lowest BCUT2D eigenvalue weighted by Crippen LogP contribution is -2.26. The highest BCUT2D eigenvalue weighted by atomic mass is 32.2. The standard InChI is InChI=1S/C15H22O2S/c1-2-3-5-10-14(16)15(17)11-12-18-13-8-6-4-7-9-13/h2,4,6-9,14-17H,1,3,5,10-12H2/t14-,15+/m1/s1. The fraction of sp³-hybridized carbons (Fsp3) is 0.467. The summed E-state index contributed by atoms with van der Waals surface area (Å²) in [4.78, 5) is 1.20. The molecular weight excluding hydrogens is 244 g/mol. The van der Waals surface area contributed by atoms with Crippen molar-refractivity contribution >= 4 is 11.8 Å². The average molecular weight is 266 g/mol. The van der Waals surface area contributed by atoms with E-state index in [-0.39, 0.29) is 0 Å². The first kappa shape index (κ1) is 15.3. The number of unbranched alkanes of at least 4 members (excludes halogenated alkanes) is 1. The third-order valence-corrected chi connectivity index (χ3v) is 3.82. The summed E-state index contributed by atoms with van der Waals surface area (Å²) in [5.74, 6) is 0.823. The summed E-state index contributed by atoms with van der Waals surface area (Å²) in [6.07, 6.45) is 3.64. The highest BCUT2D eigenvalue weighted by Crippen LogP contribution is 2.19. The molecule has 0 amide bonds. The number of hydrogen-bond donors (Lipinski definition) is 2. The van der Waals surface area contributed by atoms with Crippen LogP contribution in [-0.2, 0) is 0 Å². The third-order valence-electron chi connectivity index (χ3n) is 2.78. The maximum Gasteiger partial charge on any atom is 0.0807 e.